The first kappa shape index (κ1) is 23.0. The average molecular weight is 158 g/mol. The summed E-state index contributed by atoms with van der Waals surface area (Å²) in [6.45, 7) is 0. The maximum atomic E-state index is 2.00. The van der Waals surface area contributed by atoms with Crippen LogP contribution in [0.25, 0.3) is 0 Å². The summed E-state index contributed by atoms with van der Waals surface area (Å²) in [4.78, 5) is 0. The van der Waals surface area contributed by atoms with Crippen molar-refractivity contribution in [3.05, 3.63) is 52.6 Å². The van der Waals surface area contributed by atoms with Crippen LogP contribution in [0.4, 0.5) is 0 Å². The predicted octanol–water partition coefficient (Wildman–Crippen LogP) is 2.75. The van der Waals surface area contributed by atoms with E-state index in [2.05, 4.69) is 0 Å². The van der Waals surface area contributed by atoms with Gasteiger partial charge in [0.15, 0.2) is 0 Å². The molecule has 0 saturated heterocycles. The van der Waals surface area contributed by atoms with Crippen molar-refractivity contribution >= 4 is 0 Å². The molecule has 0 unspecified atom stereocenters. The molecule has 0 saturated carbocycles. The zero-order valence-corrected chi connectivity index (χ0v) is 7.95. The Bertz CT molecular complexity index is 61.0. The fourth-order valence-electron chi connectivity index (χ4n) is 0.321. The molecule has 1 aromatic rings. The van der Waals surface area contributed by atoms with Crippen LogP contribution in [0.5, 0.6) is 0 Å². The molecular formula is C8H14Ti. The Balaban J connectivity index is -0.0000000312. The van der Waals surface area contributed by atoms with Crippen molar-refractivity contribution in [2.45, 2.75) is 0 Å². The standard InChI is InChI=1S/C5H5.3CH3.Ti/c1-2-4-5-3-1;;;;/h1-5H;3*1H3;/q4*-1;+4. The molecular weight excluding hydrogens is 144 g/mol. The third kappa shape index (κ3) is 11.6. The fourth-order valence-corrected chi connectivity index (χ4v) is 0.321. The quantitative estimate of drug-likeness (QED) is 0.402. The molecule has 1 rings (SSSR count). The molecule has 0 atom stereocenters. The summed E-state index contributed by atoms with van der Waals surface area (Å²) in [5, 5.41) is 0. The molecule has 0 nitrogen and oxygen atoms in total. The Morgan fingerprint density at radius 2 is 1.11 bits per heavy atom. The molecule has 0 heterocycles. The van der Waals surface area contributed by atoms with Crippen LogP contribution in [0.3, 0.4) is 0 Å². The summed E-state index contributed by atoms with van der Waals surface area (Å²) >= 11 is 0. The molecule has 0 aliphatic heterocycles. The summed E-state index contributed by atoms with van der Waals surface area (Å²) in [6.07, 6.45) is 0. The van der Waals surface area contributed by atoms with Crippen LogP contribution in [0.1, 0.15) is 0 Å². The van der Waals surface area contributed by atoms with Crippen LogP contribution < -0.4 is 0 Å². The maximum Gasteiger partial charge on any atom is 4.00 e. The van der Waals surface area contributed by atoms with E-state index in [0.717, 1.165) is 0 Å². The molecule has 0 bridgehead atoms. The van der Waals surface area contributed by atoms with Gasteiger partial charge in [-0.15, -0.1) is 0 Å². The van der Waals surface area contributed by atoms with Crippen molar-refractivity contribution in [1.29, 1.82) is 0 Å². The normalized spacial score (nSPS) is 4.44. The Labute approximate surface area is 74.5 Å². The van der Waals surface area contributed by atoms with Gasteiger partial charge in [0.1, 0.15) is 0 Å². The number of hydrogen-bond acceptors (Lipinski definition) is 0. The summed E-state index contributed by atoms with van der Waals surface area (Å²) in [5.41, 5.74) is 0. The van der Waals surface area contributed by atoms with E-state index in [1.807, 2.05) is 30.3 Å². The molecule has 0 aliphatic rings. The van der Waals surface area contributed by atoms with E-state index in [1.165, 1.54) is 0 Å². The predicted molar refractivity (Wildman–Crippen MR) is 41.3 cm³/mol. The first-order valence-electron chi connectivity index (χ1n) is 1.67. The molecule has 0 N–H and O–H groups in total. The smallest absolute Gasteiger partial charge is 0.358 e. The molecule has 0 amide bonds. The fraction of sp³-hybridized carbons (Fsp3) is 0. The van der Waals surface area contributed by atoms with Gasteiger partial charge in [0, 0.05) is 0 Å². The van der Waals surface area contributed by atoms with Crippen LogP contribution in [-0.4, -0.2) is 0 Å². The van der Waals surface area contributed by atoms with Crippen LogP contribution in [0.2, 0.25) is 0 Å². The second-order valence-electron chi connectivity index (χ2n) is 0.962. The van der Waals surface area contributed by atoms with Gasteiger partial charge < -0.3 is 22.3 Å². The molecule has 9 heavy (non-hydrogen) atoms. The molecule has 0 aliphatic carbocycles. The van der Waals surface area contributed by atoms with Gasteiger partial charge in [0.05, 0.1) is 0 Å². The minimum atomic E-state index is 0. The van der Waals surface area contributed by atoms with Crippen LogP contribution in [0, 0.1) is 22.3 Å². The number of hydrogen-bond donors (Lipinski definition) is 0. The van der Waals surface area contributed by atoms with Crippen molar-refractivity contribution in [2.24, 2.45) is 0 Å². The van der Waals surface area contributed by atoms with Crippen molar-refractivity contribution in [2.75, 3.05) is 0 Å². The summed E-state index contributed by atoms with van der Waals surface area (Å²) in [6, 6.07) is 10.0. The van der Waals surface area contributed by atoms with Crippen LogP contribution in [0.15, 0.2) is 30.3 Å². The van der Waals surface area contributed by atoms with E-state index in [4.69, 9.17) is 0 Å². The van der Waals surface area contributed by atoms with Gasteiger partial charge in [-0.3, -0.25) is 0 Å². The van der Waals surface area contributed by atoms with E-state index in [0.29, 0.717) is 0 Å². The second kappa shape index (κ2) is 15.7. The molecule has 0 fully saturated rings. The van der Waals surface area contributed by atoms with Gasteiger partial charge in [0.25, 0.3) is 0 Å². The van der Waals surface area contributed by atoms with Crippen LogP contribution in [-0.2, 0) is 21.7 Å². The van der Waals surface area contributed by atoms with Crippen molar-refractivity contribution in [3.8, 4) is 0 Å². The monoisotopic (exact) mass is 158 g/mol. The van der Waals surface area contributed by atoms with E-state index >= 15 is 0 Å². The summed E-state index contributed by atoms with van der Waals surface area (Å²) < 4.78 is 0. The van der Waals surface area contributed by atoms with Gasteiger partial charge >= 0.3 is 21.7 Å². The minimum absolute atomic E-state index is 0. The van der Waals surface area contributed by atoms with E-state index in [-0.39, 0.29) is 44.0 Å². The second-order valence-corrected chi connectivity index (χ2v) is 0.962. The third-order valence-corrected chi connectivity index (χ3v) is 0.556. The molecule has 0 aromatic heterocycles. The van der Waals surface area contributed by atoms with Gasteiger partial charge in [-0.25, -0.2) is 12.1 Å². The first-order chi connectivity index (χ1) is 2.50. The Morgan fingerprint density at radius 3 is 1.22 bits per heavy atom. The van der Waals surface area contributed by atoms with E-state index in [1.54, 1.807) is 0 Å². The van der Waals surface area contributed by atoms with Crippen molar-refractivity contribution < 1.29 is 21.7 Å². The Kier molecular flexibility index (Phi) is 40.1. The average Bonchev–Trinajstić information content (AvgIpc) is 1.76. The summed E-state index contributed by atoms with van der Waals surface area (Å²) in [7, 11) is 0. The van der Waals surface area contributed by atoms with Crippen LogP contribution >= 0.6 is 0 Å². The Hall–Kier alpha value is 0.0643. The summed E-state index contributed by atoms with van der Waals surface area (Å²) in [5.74, 6) is 0. The van der Waals surface area contributed by atoms with Gasteiger partial charge in [-0.2, -0.15) is 18.2 Å². The zero-order valence-electron chi connectivity index (χ0n) is 6.39. The van der Waals surface area contributed by atoms with Crippen molar-refractivity contribution in [1.82, 2.24) is 0 Å². The largest absolute Gasteiger partial charge is 4.00 e. The molecule has 1 heteroatoms. The topological polar surface area (TPSA) is 0 Å². The van der Waals surface area contributed by atoms with Crippen molar-refractivity contribution in [3.63, 3.8) is 0 Å². The zero-order chi connectivity index (χ0) is 3.54. The Morgan fingerprint density at radius 1 is 0.778 bits per heavy atom. The molecule has 50 valence electrons. The minimum Gasteiger partial charge on any atom is -0.358 e. The van der Waals surface area contributed by atoms with Gasteiger partial charge in [0.2, 0.25) is 0 Å². The SMILES string of the molecule is [CH3-].[CH3-].[CH3-].[Ti+4].c1cc[cH-]c1. The van der Waals surface area contributed by atoms with E-state index in [9.17, 15) is 0 Å². The maximum absolute atomic E-state index is 2.00. The van der Waals surface area contributed by atoms with Gasteiger partial charge in [-0.05, 0) is 0 Å². The molecule has 1 aromatic carbocycles. The van der Waals surface area contributed by atoms with E-state index < -0.39 is 0 Å². The van der Waals surface area contributed by atoms with Gasteiger partial charge in [-0.1, -0.05) is 0 Å². The third-order valence-electron chi connectivity index (χ3n) is 0.556. The molecule has 0 radical (unpaired) electrons. The molecule has 0 spiro atoms. The number of rotatable bonds is 0. The first-order valence-corrected chi connectivity index (χ1v) is 1.67.